The van der Waals surface area contributed by atoms with Crippen molar-refractivity contribution in [1.29, 1.82) is 0 Å². The first-order valence-corrected chi connectivity index (χ1v) is 11.1. The molecule has 0 rings (SSSR count). The summed E-state index contributed by atoms with van der Waals surface area (Å²) in [6.45, 7) is 14.3. The van der Waals surface area contributed by atoms with Gasteiger partial charge in [-0.15, -0.1) is 0 Å². The van der Waals surface area contributed by atoms with E-state index in [0.717, 1.165) is 13.0 Å². The van der Waals surface area contributed by atoms with Gasteiger partial charge < -0.3 is 29.0 Å². The Hall–Kier alpha value is -1.22. The molecule has 1 atom stereocenters. The number of nitrogens with one attached hydrogen (secondary N) is 1. The molecule has 0 radical (unpaired) electrons. The van der Waals surface area contributed by atoms with Crippen LogP contribution in [0.15, 0.2) is 0 Å². The van der Waals surface area contributed by atoms with Crippen molar-refractivity contribution in [3.05, 3.63) is 0 Å². The van der Waals surface area contributed by atoms with E-state index >= 15 is 0 Å². The SMILES string of the molecule is CCCOCCOCCOCCOCCNC(=O)[C@H](CC)CCC(=O)OC(C)(C)C. The Labute approximate surface area is 182 Å². The van der Waals surface area contributed by atoms with Gasteiger partial charge in [-0.25, -0.2) is 0 Å². The molecule has 0 saturated heterocycles. The number of hydrogen-bond donors (Lipinski definition) is 1. The number of carbonyl (C=O) groups excluding carboxylic acids is 2. The van der Waals surface area contributed by atoms with Crippen LogP contribution >= 0.6 is 0 Å². The van der Waals surface area contributed by atoms with Crippen molar-refractivity contribution in [2.75, 3.05) is 59.4 Å². The fourth-order valence-electron chi connectivity index (χ4n) is 2.50. The standard InChI is InChI=1S/C22H43NO7/c1-6-11-26-13-15-28-17-18-29-16-14-27-12-10-23-21(25)19(7-2)8-9-20(24)30-22(3,4)5/h19H,6-18H2,1-5H3,(H,23,25)/t19-/m1/s1. The topological polar surface area (TPSA) is 92.3 Å². The second-order valence-electron chi connectivity index (χ2n) is 7.97. The second-order valence-corrected chi connectivity index (χ2v) is 7.97. The van der Waals surface area contributed by atoms with Crippen LogP contribution in [0.1, 0.15) is 60.3 Å². The molecule has 0 aliphatic carbocycles. The molecular formula is C22H43NO7. The summed E-state index contributed by atoms with van der Waals surface area (Å²) in [5.41, 5.74) is -0.502. The Morgan fingerprint density at radius 3 is 1.77 bits per heavy atom. The second kappa shape index (κ2) is 18.5. The predicted octanol–water partition coefficient (Wildman–Crippen LogP) is 2.73. The first-order chi connectivity index (χ1) is 14.3. The molecule has 0 fully saturated rings. The molecule has 0 aliphatic rings. The van der Waals surface area contributed by atoms with E-state index in [-0.39, 0.29) is 24.2 Å². The van der Waals surface area contributed by atoms with E-state index in [1.165, 1.54) is 0 Å². The normalized spacial score (nSPS) is 12.6. The number of hydrogen-bond acceptors (Lipinski definition) is 7. The van der Waals surface area contributed by atoms with E-state index in [2.05, 4.69) is 12.2 Å². The summed E-state index contributed by atoms with van der Waals surface area (Å²) < 4.78 is 26.8. The van der Waals surface area contributed by atoms with Crippen LogP contribution in [0, 0.1) is 5.92 Å². The zero-order chi connectivity index (χ0) is 22.7. The fraction of sp³-hybridized carbons (Fsp3) is 0.909. The van der Waals surface area contributed by atoms with E-state index < -0.39 is 5.60 Å². The van der Waals surface area contributed by atoms with E-state index in [0.29, 0.717) is 65.6 Å². The molecule has 0 aromatic heterocycles. The minimum absolute atomic E-state index is 0.0547. The summed E-state index contributed by atoms with van der Waals surface area (Å²) in [5.74, 6) is -0.526. The Morgan fingerprint density at radius 1 is 0.800 bits per heavy atom. The number of rotatable bonds is 19. The van der Waals surface area contributed by atoms with Gasteiger partial charge in [-0.3, -0.25) is 9.59 Å². The lowest BCUT2D eigenvalue weighted by molar-refractivity contribution is -0.155. The maximum Gasteiger partial charge on any atom is 0.306 e. The smallest absolute Gasteiger partial charge is 0.306 e. The number of esters is 1. The van der Waals surface area contributed by atoms with Crippen molar-refractivity contribution in [3.8, 4) is 0 Å². The molecule has 178 valence electrons. The molecule has 0 aromatic rings. The van der Waals surface area contributed by atoms with Gasteiger partial charge in [0.25, 0.3) is 0 Å². The first-order valence-electron chi connectivity index (χ1n) is 11.1. The van der Waals surface area contributed by atoms with Gasteiger partial charge in [-0.2, -0.15) is 0 Å². The maximum atomic E-state index is 12.2. The van der Waals surface area contributed by atoms with Crippen LogP contribution in [0.5, 0.6) is 0 Å². The Kier molecular flexibility index (Phi) is 17.8. The average molecular weight is 434 g/mol. The molecular weight excluding hydrogens is 390 g/mol. The van der Waals surface area contributed by atoms with Crippen LogP contribution in [0.4, 0.5) is 0 Å². The van der Waals surface area contributed by atoms with E-state index in [1.807, 2.05) is 27.7 Å². The minimum atomic E-state index is -0.502. The van der Waals surface area contributed by atoms with Gasteiger partial charge in [0, 0.05) is 25.5 Å². The Bertz CT molecular complexity index is 438. The molecule has 1 N–H and O–H groups in total. The molecule has 0 bridgehead atoms. The van der Waals surface area contributed by atoms with Gasteiger partial charge in [0.15, 0.2) is 0 Å². The molecule has 8 heteroatoms. The van der Waals surface area contributed by atoms with Crippen molar-refractivity contribution in [2.24, 2.45) is 5.92 Å². The van der Waals surface area contributed by atoms with Crippen LogP contribution in [-0.4, -0.2) is 76.9 Å². The van der Waals surface area contributed by atoms with Crippen LogP contribution in [-0.2, 0) is 33.3 Å². The van der Waals surface area contributed by atoms with Gasteiger partial charge in [-0.1, -0.05) is 13.8 Å². The largest absolute Gasteiger partial charge is 0.460 e. The van der Waals surface area contributed by atoms with Crippen molar-refractivity contribution in [1.82, 2.24) is 5.32 Å². The summed E-state index contributed by atoms with van der Waals surface area (Å²) >= 11 is 0. The van der Waals surface area contributed by atoms with Crippen LogP contribution in [0.3, 0.4) is 0 Å². The highest BCUT2D eigenvalue weighted by molar-refractivity contribution is 5.79. The molecule has 0 spiro atoms. The molecule has 8 nitrogen and oxygen atoms in total. The summed E-state index contributed by atoms with van der Waals surface area (Å²) in [6, 6.07) is 0. The van der Waals surface area contributed by atoms with Crippen molar-refractivity contribution in [2.45, 2.75) is 65.9 Å². The highest BCUT2D eigenvalue weighted by Gasteiger charge is 2.20. The third-order valence-electron chi connectivity index (χ3n) is 3.99. The molecule has 0 unspecified atom stereocenters. The fourth-order valence-corrected chi connectivity index (χ4v) is 2.50. The van der Waals surface area contributed by atoms with Gasteiger partial charge in [-0.05, 0) is 40.0 Å². The first kappa shape index (κ1) is 28.8. The molecule has 0 aliphatic heterocycles. The van der Waals surface area contributed by atoms with Crippen molar-refractivity contribution < 1.29 is 33.3 Å². The molecule has 0 heterocycles. The monoisotopic (exact) mass is 433 g/mol. The van der Waals surface area contributed by atoms with E-state index in [9.17, 15) is 9.59 Å². The quantitative estimate of drug-likeness (QED) is 0.247. The van der Waals surface area contributed by atoms with Gasteiger partial charge >= 0.3 is 5.97 Å². The summed E-state index contributed by atoms with van der Waals surface area (Å²) in [7, 11) is 0. The zero-order valence-electron chi connectivity index (χ0n) is 19.6. The highest BCUT2D eigenvalue weighted by Crippen LogP contribution is 2.14. The van der Waals surface area contributed by atoms with Crippen LogP contribution in [0.25, 0.3) is 0 Å². The van der Waals surface area contributed by atoms with Gasteiger partial charge in [0.1, 0.15) is 5.60 Å². The third-order valence-corrected chi connectivity index (χ3v) is 3.99. The lowest BCUT2D eigenvalue weighted by Crippen LogP contribution is -2.33. The molecule has 30 heavy (non-hydrogen) atoms. The molecule has 1 amide bonds. The summed E-state index contributed by atoms with van der Waals surface area (Å²) in [5, 5.41) is 2.86. The van der Waals surface area contributed by atoms with Crippen molar-refractivity contribution >= 4 is 11.9 Å². The predicted molar refractivity (Wildman–Crippen MR) is 115 cm³/mol. The van der Waals surface area contributed by atoms with Gasteiger partial charge in [0.2, 0.25) is 5.91 Å². The lowest BCUT2D eigenvalue weighted by atomic mass is 9.99. The van der Waals surface area contributed by atoms with Gasteiger partial charge in [0.05, 0.1) is 46.2 Å². The summed E-state index contributed by atoms with van der Waals surface area (Å²) in [4.78, 5) is 24.0. The zero-order valence-corrected chi connectivity index (χ0v) is 19.6. The third kappa shape index (κ3) is 18.8. The molecule has 0 saturated carbocycles. The highest BCUT2D eigenvalue weighted by atomic mass is 16.6. The minimum Gasteiger partial charge on any atom is -0.460 e. The van der Waals surface area contributed by atoms with E-state index in [4.69, 9.17) is 23.7 Å². The average Bonchev–Trinajstić information content (AvgIpc) is 2.67. The number of amides is 1. The van der Waals surface area contributed by atoms with E-state index in [1.54, 1.807) is 0 Å². The lowest BCUT2D eigenvalue weighted by Gasteiger charge is -2.20. The summed E-state index contributed by atoms with van der Waals surface area (Å²) in [6.07, 6.45) is 2.42. The van der Waals surface area contributed by atoms with Crippen LogP contribution < -0.4 is 5.32 Å². The number of ether oxygens (including phenoxy) is 5. The maximum absolute atomic E-state index is 12.2. The molecule has 0 aromatic carbocycles. The van der Waals surface area contributed by atoms with Crippen molar-refractivity contribution in [3.63, 3.8) is 0 Å². The number of carbonyl (C=O) groups is 2. The Morgan fingerprint density at radius 2 is 1.30 bits per heavy atom. The van der Waals surface area contributed by atoms with Crippen LogP contribution in [0.2, 0.25) is 0 Å². The Balaban J connectivity index is 3.59.